The molecule has 2 rings (SSSR count). The van der Waals surface area contributed by atoms with Crippen LogP contribution < -0.4 is 10.1 Å². The molecule has 0 saturated heterocycles. The monoisotopic (exact) mass is 236 g/mol. The molecule has 1 heterocycles. The highest BCUT2D eigenvalue weighted by Crippen LogP contribution is 2.23. The van der Waals surface area contributed by atoms with Gasteiger partial charge in [-0.05, 0) is 36.6 Å². The smallest absolute Gasteiger partial charge is 0.119 e. The molecule has 3 nitrogen and oxygen atoms in total. The van der Waals surface area contributed by atoms with Crippen LogP contribution in [0.5, 0.6) is 5.75 Å². The van der Waals surface area contributed by atoms with Crippen molar-refractivity contribution < 1.29 is 10.2 Å². The Bertz CT molecular complexity index is 637. The van der Waals surface area contributed by atoms with Crippen molar-refractivity contribution in [2.45, 2.75) is 26.3 Å². The molecule has 0 aliphatic carbocycles. The summed E-state index contributed by atoms with van der Waals surface area (Å²) in [4.78, 5) is 2.98. The summed E-state index contributed by atoms with van der Waals surface area (Å²) in [7, 11) is 1.54. The third-order valence-corrected chi connectivity index (χ3v) is 2.45. The number of rotatable bonds is 5. The van der Waals surface area contributed by atoms with E-state index < -0.39 is 12.9 Å². The van der Waals surface area contributed by atoms with Crippen molar-refractivity contribution in [1.82, 2.24) is 10.3 Å². The number of aryl methyl sites for hydroxylation is 1. The van der Waals surface area contributed by atoms with E-state index >= 15 is 0 Å². The molecule has 0 bridgehead atoms. The van der Waals surface area contributed by atoms with Gasteiger partial charge in [-0.3, -0.25) is 0 Å². The number of hydrogen-bond donors (Lipinski definition) is 2. The second-order valence-corrected chi connectivity index (χ2v) is 4.16. The van der Waals surface area contributed by atoms with E-state index in [0.717, 1.165) is 5.52 Å². The van der Waals surface area contributed by atoms with Gasteiger partial charge < -0.3 is 15.0 Å². The second kappa shape index (κ2) is 5.23. The van der Waals surface area contributed by atoms with Crippen LogP contribution in [0.2, 0.25) is 0 Å². The van der Waals surface area contributed by atoms with Crippen molar-refractivity contribution in [2.75, 3.05) is 13.6 Å². The van der Waals surface area contributed by atoms with E-state index in [2.05, 4.69) is 10.3 Å². The summed E-state index contributed by atoms with van der Waals surface area (Å²) in [5, 5.41) is 3.27. The van der Waals surface area contributed by atoms with Crippen LogP contribution in [0.4, 0.5) is 0 Å². The summed E-state index contributed by atoms with van der Waals surface area (Å²) in [6.45, 7) is 1.37. The SMILES string of the molecule is [2H]C([2H])(NC(C)C)C([2H])([2H])c1c[nH]c2ccc(OC)cc12. The number of benzene rings is 1. The normalized spacial score (nSPS) is 16.5. The fourth-order valence-electron chi connectivity index (χ4n) is 1.58. The maximum absolute atomic E-state index is 8.26. The van der Waals surface area contributed by atoms with Crippen molar-refractivity contribution >= 4 is 10.9 Å². The number of nitrogens with one attached hydrogen (secondary N) is 2. The zero-order chi connectivity index (χ0) is 15.8. The van der Waals surface area contributed by atoms with Crippen LogP contribution in [0.15, 0.2) is 24.4 Å². The van der Waals surface area contributed by atoms with Crippen molar-refractivity contribution in [1.29, 1.82) is 0 Å². The molecule has 0 amide bonds. The van der Waals surface area contributed by atoms with Crippen molar-refractivity contribution in [2.24, 2.45) is 0 Å². The minimum absolute atomic E-state index is 0.171. The molecule has 3 heteroatoms. The van der Waals surface area contributed by atoms with Gasteiger partial charge in [0.25, 0.3) is 0 Å². The minimum atomic E-state index is -2.20. The zero-order valence-electron chi connectivity index (χ0n) is 14.3. The highest BCUT2D eigenvalue weighted by molar-refractivity contribution is 5.84. The van der Waals surface area contributed by atoms with Gasteiger partial charge in [0.05, 0.1) is 7.11 Å². The number of aromatic amines is 1. The molecular formula is C14H20N2O. The predicted octanol–water partition coefficient (Wildman–Crippen LogP) is 2.72. The van der Waals surface area contributed by atoms with Gasteiger partial charge in [-0.1, -0.05) is 13.8 Å². The van der Waals surface area contributed by atoms with Crippen LogP contribution in [0.25, 0.3) is 10.9 Å². The molecule has 2 aromatic rings. The first kappa shape index (κ1) is 7.77. The molecule has 0 aliphatic heterocycles. The van der Waals surface area contributed by atoms with Crippen molar-refractivity contribution in [3.8, 4) is 5.75 Å². The quantitative estimate of drug-likeness (QED) is 0.837. The number of ether oxygens (including phenoxy) is 1. The summed E-state index contributed by atoms with van der Waals surface area (Å²) in [5.74, 6) is 0.608. The van der Waals surface area contributed by atoms with Crippen LogP contribution >= 0.6 is 0 Å². The fourth-order valence-corrected chi connectivity index (χ4v) is 1.58. The molecule has 0 saturated carbocycles. The lowest BCUT2D eigenvalue weighted by atomic mass is 10.1. The molecule has 0 aliphatic rings. The first-order valence-electron chi connectivity index (χ1n) is 7.62. The van der Waals surface area contributed by atoms with Gasteiger partial charge in [-0.15, -0.1) is 0 Å². The second-order valence-electron chi connectivity index (χ2n) is 4.16. The van der Waals surface area contributed by atoms with Gasteiger partial charge in [-0.25, -0.2) is 0 Å². The molecule has 92 valence electrons. The van der Waals surface area contributed by atoms with E-state index in [-0.39, 0.29) is 11.6 Å². The largest absolute Gasteiger partial charge is 0.497 e. The minimum Gasteiger partial charge on any atom is -0.497 e. The zero-order valence-corrected chi connectivity index (χ0v) is 10.3. The van der Waals surface area contributed by atoms with E-state index in [1.807, 2.05) is 0 Å². The molecule has 1 aromatic carbocycles. The van der Waals surface area contributed by atoms with Gasteiger partial charge in [0.15, 0.2) is 0 Å². The molecule has 0 atom stereocenters. The third-order valence-electron chi connectivity index (χ3n) is 2.45. The Morgan fingerprint density at radius 3 is 3.00 bits per heavy atom. The third kappa shape index (κ3) is 2.80. The predicted molar refractivity (Wildman–Crippen MR) is 71.7 cm³/mol. The molecule has 2 N–H and O–H groups in total. The number of H-pyrrole nitrogens is 1. The van der Waals surface area contributed by atoms with Gasteiger partial charge in [0, 0.05) is 28.6 Å². The first-order chi connectivity index (χ1) is 9.69. The Morgan fingerprint density at radius 1 is 1.47 bits per heavy atom. The molecule has 0 unspecified atom stereocenters. The molecule has 0 radical (unpaired) electrons. The fraction of sp³-hybridized carbons (Fsp3) is 0.429. The molecule has 1 aromatic heterocycles. The van der Waals surface area contributed by atoms with E-state index in [4.69, 9.17) is 10.2 Å². The summed E-state index contributed by atoms with van der Waals surface area (Å²) in [6, 6.07) is 5.11. The van der Waals surface area contributed by atoms with Crippen LogP contribution in [0, 0.1) is 0 Å². The van der Waals surface area contributed by atoms with E-state index in [1.54, 1.807) is 39.2 Å². The lowest BCUT2D eigenvalue weighted by Crippen LogP contribution is -2.24. The molecule has 0 spiro atoms. The lowest BCUT2D eigenvalue weighted by Gasteiger charge is -2.07. The van der Waals surface area contributed by atoms with Crippen molar-refractivity contribution in [3.63, 3.8) is 0 Å². The highest BCUT2D eigenvalue weighted by atomic mass is 16.5. The number of aromatic nitrogens is 1. The van der Waals surface area contributed by atoms with Gasteiger partial charge in [0.1, 0.15) is 5.75 Å². The maximum atomic E-state index is 8.26. The first-order valence-corrected chi connectivity index (χ1v) is 5.62. The van der Waals surface area contributed by atoms with E-state index in [0.29, 0.717) is 11.1 Å². The molecule has 17 heavy (non-hydrogen) atoms. The van der Waals surface area contributed by atoms with Crippen LogP contribution in [-0.4, -0.2) is 24.6 Å². The topological polar surface area (TPSA) is 37.0 Å². The Hall–Kier alpha value is -1.48. The number of hydrogen-bond acceptors (Lipinski definition) is 2. The average Bonchev–Trinajstić information content (AvgIpc) is 2.79. The van der Waals surface area contributed by atoms with E-state index in [1.165, 1.54) is 6.20 Å². The summed E-state index contributed by atoms with van der Waals surface area (Å²) in [6.07, 6.45) is -0.675. The number of fused-ring (bicyclic) bond motifs is 1. The Kier molecular flexibility index (Phi) is 2.39. The molecule has 0 fully saturated rings. The Balaban J connectivity index is 2.53. The average molecular weight is 236 g/mol. The highest BCUT2D eigenvalue weighted by Gasteiger charge is 2.05. The summed E-state index contributed by atoms with van der Waals surface area (Å²) >= 11 is 0. The lowest BCUT2D eigenvalue weighted by molar-refractivity contribution is 0.415. The van der Waals surface area contributed by atoms with Gasteiger partial charge in [0.2, 0.25) is 0 Å². The van der Waals surface area contributed by atoms with E-state index in [9.17, 15) is 0 Å². The maximum Gasteiger partial charge on any atom is 0.119 e. The van der Waals surface area contributed by atoms with Crippen LogP contribution in [0.3, 0.4) is 0 Å². The summed E-state index contributed by atoms with van der Waals surface area (Å²) < 4.78 is 37.8. The van der Waals surface area contributed by atoms with Crippen LogP contribution in [-0.2, 0) is 6.37 Å². The van der Waals surface area contributed by atoms with Crippen molar-refractivity contribution in [3.05, 3.63) is 30.0 Å². The molecular weight excluding hydrogens is 212 g/mol. The van der Waals surface area contributed by atoms with Gasteiger partial charge >= 0.3 is 0 Å². The standard InChI is InChI=1S/C14H20N2O/c1-10(2)15-7-6-11-9-16-14-5-4-12(17-3)8-13(11)14/h4-5,8-10,15-16H,6-7H2,1-3H3/i6D2,7D2. The van der Waals surface area contributed by atoms with Gasteiger partial charge in [-0.2, -0.15) is 0 Å². The summed E-state index contributed by atoms with van der Waals surface area (Å²) in [5.41, 5.74) is 1.02. The Morgan fingerprint density at radius 2 is 2.29 bits per heavy atom. The number of methoxy groups -OCH3 is 1. The van der Waals surface area contributed by atoms with Crippen LogP contribution in [0.1, 0.15) is 24.9 Å². The Labute approximate surface area is 108 Å².